The van der Waals surface area contributed by atoms with Gasteiger partial charge in [0.2, 0.25) is 5.95 Å². The first-order valence-electron chi connectivity index (χ1n) is 4.42. The molecule has 0 saturated carbocycles. The molecule has 0 aromatic carbocycles. The van der Waals surface area contributed by atoms with Crippen molar-refractivity contribution in [3.8, 4) is 0 Å². The van der Waals surface area contributed by atoms with Crippen LogP contribution < -0.4 is 5.73 Å². The summed E-state index contributed by atoms with van der Waals surface area (Å²) in [5.41, 5.74) is 5.22. The van der Waals surface area contributed by atoms with E-state index >= 15 is 0 Å². The lowest BCUT2D eigenvalue weighted by atomic mass is 10.5. The maximum Gasteiger partial charge on any atom is 0.320 e. The van der Waals surface area contributed by atoms with Crippen molar-refractivity contribution in [3.63, 3.8) is 0 Å². The Bertz CT molecular complexity index is 588. The van der Waals surface area contributed by atoms with Crippen LogP contribution in [-0.2, 0) is 0 Å². The predicted octanol–water partition coefficient (Wildman–Crippen LogP) is 1.69. The Morgan fingerprint density at radius 2 is 2.17 bits per heavy atom. The molecule has 2 aromatic heterocycles. The number of thioether (sulfide) groups is 1. The topological polar surface area (TPSA) is 121 Å². The first-order valence-corrected chi connectivity index (χ1v) is 7.28. The molecule has 0 atom stereocenters. The zero-order chi connectivity index (χ0) is 13.1. The highest BCUT2D eigenvalue weighted by molar-refractivity contribution is 8.03. The van der Waals surface area contributed by atoms with Crippen molar-refractivity contribution in [2.24, 2.45) is 0 Å². The van der Waals surface area contributed by atoms with Gasteiger partial charge < -0.3 is 5.73 Å². The minimum absolute atomic E-state index is 0.0160. The van der Waals surface area contributed by atoms with Gasteiger partial charge in [-0.25, -0.2) is 4.98 Å². The van der Waals surface area contributed by atoms with Crippen LogP contribution in [-0.4, -0.2) is 31.3 Å². The maximum absolute atomic E-state index is 10.8. The number of anilines is 1. The monoisotopic (exact) mass is 302 g/mol. The average Bonchev–Trinajstić information content (AvgIpc) is 2.76. The fourth-order valence-corrected chi connectivity index (χ4v) is 3.40. The van der Waals surface area contributed by atoms with Crippen LogP contribution in [0.3, 0.4) is 0 Å². The van der Waals surface area contributed by atoms with Gasteiger partial charge in [0.1, 0.15) is 6.20 Å². The minimum Gasteiger partial charge on any atom is -0.368 e. The summed E-state index contributed by atoms with van der Waals surface area (Å²) >= 11 is 3.84. The molecule has 0 bridgehead atoms. The molecule has 18 heavy (non-hydrogen) atoms. The van der Waals surface area contributed by atoms with Crippen LogP contribution in [0.15, 0.2) is 19.9 Å². The van der Waals surface area contributed by atoms with E-state index in [1.807, 2.05) is 6.26 Å². The summed E-state index contributed by atoms with van der Waals surface area (Å²) in [5.74, 6) is -0.0160. The summed E-state index contributed by atoms with van der Waals surface area (Å²) in [5, 5.41) is 18.8. The molecule has 2 rings (SSSR count). The van der Waals surface area contributed by atoms with Crippen molar-refractivity contribution >= 4 is 46.5 Å². The number of hydrogen-bond acceptors (Lipinski definition) is 10. The molecule has 0 aliphatic carbocycles. The standard InChI is InChI=1S/C7H6N6O2S3/c1-16-6-11-12-7(18-6)17-4-3(13(14)15)2-9-5(8)10-4/h2H,1H3,(H2,8,9,10). The zero-order valence-corrected chi connectivity index (χ0v) is 11.4. The lowest BCUT2D eigenvalue weighted by molar-refractivity contribution is -0.388. The molecule has 2 aromatic rings. The van der Waals surface area contributed by atoms with Gasteiger partial charge in [-0.15, -0.1) is 10.2 Å². The number of nitro groups is 1. The van der Waals surface area contributed by atoms with Gasteiger partial charge in [-0.05, 0) is 18.0 Å². The van der Waals surface area contributed by atoms with Crippen molar-refractivity contribution in [1.82, 2.24) is 20.2 Å². The summed E-state index contributed by atoms with van der Waals surface area (Å²) in [6, 6.07) is 0. The number of hydrogen-bond donors (Lipinski definition) is 1. The zero-order valence-electron chi connectivity index (χ0n) is 8.93. The Morgan fingerprint density at radius 3 is 2.78 bits per heavy atom. The Morgan fingerprint density at radius 1 is 1.44 bits per heavy atom. The quantitative estimate of drug-likeness (QED) is 0.389. The van der Waals surface area contributed by atoms with E-state index in [0.717, 1.165) is 22.3 Å². The fraction of sp³-hybridized carbons (Fsp3) is 0.143. The second-order valence-corrected chi connectivity index (χ2v) is 6.08. The second kappa shape index (κ2) is 5.46. The van der Waals surface area contributed by atoms with E-state index in [1.54, 1.807) is 0 Å². The second-order valence-electron chi connectivity index (χ2n) is 2.82. The summed E-state index contributed by atoms with van der Waals surface area (Å²) < 4.78 is 1.35. The van der Waals surface area contributed by atoms with E-state index in [-0.39, 0.29) is 16.7 Å². The first-order chi connectivity index (χ1) is 8.60. The molecule has 0 fully saturated rings. The molecule has 2 N–H and O–H groups in total. The van der Waals surface area contributed by atoms with Gasteiger partial charge in [0.15, 0.2) is 13.7 Å². The van der Waals surface area contributed by atoms with Gasteiger partial charge in [0, 0.05) is 0 Å². The lowest BCUT2D eigenvalue weighted by Crippen LogP contribution is -2.00. The van der Waals surface area contributed by atoms with Crippen LogP contribution in [0.2, 0.25) is 0 Å². The van der Waals surface area contributed by atoms with Crippen molar-refractivity contribution in [3.05, 3.63) is 16.3 Å². The van der Waals surface area contributed by atoms with Gasteiger partial charge >= 0.3 is 5.69 Å². The molecule has 11 heteroatoms. The van der Waals surface area contributed by atoms with Crippen LogP contribution in [0.5, 0.6) is 0 Å². The number of nitrogen functional groups attached to an aromatic ring is 1. The van der Waals surface area contributed by atoms with Gasteiger partial charge in [0.05, 0.1) is 4.92 Å². The van der Waals surface area contributed by atoms with Crippen LogP contribution >= 0.6 is 34.9 Å². The lowest BCUT2D eigenvalue weighted by Gasteiger charge is -1.99. The number of nitrogens with two attached hydrogens (primary N) is 1. The molecule has 0 amide bonds. The molecule has 0 unspecified atom stereocenters. The normalized spacial score (nSPS) is 10.5. The molecule has 0 aliphatic rings. The van der Waals surface area contributed by atoms with Gasteiger partial charge in [-0.1, -0.05) is 23.1 Å². The van der Waals surface area contributed by atoms with Crippen LogP contribution in [0.1, 0.15) is 0 Å². The Kier molecular flexibility index (Phi) is 3.93. The van der Waals surface area contributed by atoms with Crippen molar-refractivity contribution in [2.75, 3.05) is 12.0 Å². The van der Waals surface area contributed by atoms with E-state index in [9.17, 15) is 10.1 Å². The van der Waals surface area contributed by atoms with E-state index < -0.39 is 4.92 Å². The molecule has 94 valence electrons. The van der Waals surface area contributed by atoms with Crippen molar-refractivity contribution in [2.45, 2.75) is 13.7 Å². The smallest absolute Gasteiger partial charge is 0.320 e. The third-order valence-electron chi connectivity index (χ3n) is 1.70. The average molecular weight is 302 g/mol. The fourth-order valence-electron chi connectivity index (χ4n) is 0.977. The molecular weight excluding hydrogens is 296 g/mol. The third-order valence-corrected chi connectivity index (χ3v) is 4.64. The minimum atomic E-state index is -0.557. The third kappa shape index (κ3) is 2.86. The predicted molar refractivity (Wildman–Crippen MR) is 68.9 cm³/mol. The van der Waals surface area contributed by atoms with Gasteiger partial charge in [-0.2, -0.15) is 4.98 Å². The first kappa shape index (κ1) is 13.0. The van der Waals surface area contributed by atoms with Crippen molar-refractivity contribution < 1.29 is 4.92 Å². The molecule has 0 saturated heterocycles. The van der Waals surface area contributed by atoms with Gasteiger partial charge in [0.25, 0.3) is 0 Å². The number of rotatable bonds is 4. The summed E-state index contributed by atoms with van der Waals surface area (Å²) in [7, 11) is 0. The summed E-state index contributed by atoms with van der Waals surface area (Å²) in [4.78, 5) is 17.7. The van der Waals surface area contributed by atoms with Crippen LogP contribution in [0.4, 0.5) is 11.6 Å². The summed E-state index contributed by atoms with van der Waals surface area (Å²) in [6.07, 6.45) is 2.96. The van der Waals surface area contributed by atoms with Crippen LogP contribution in [0, 0.1) is 10.1 Å². The van der Waals surface area contributed by atoms with E-state index in [0.29, 0.717) is 4.34 Å². The Labute approximate surface area is 114 Å². The molecule has 0 spiro atoms. The van der Waals surface area contributed by atoms with Gasteiger partial charge in [-0.3, -0.25) is 10.1 Å². The van der Waals surface area contributed by atoms with Crippen molar-refractivity contribution in [1.29, 1.82) is 0 Å². The molecule has 0 aliphatic heterocycles. The largest absolute Gasteiger partial charge is 0.368 e. The SMILES string of the molecule is CSc1nnc(Sc2nc(N)ncc2[N+](=O)[O-])s1. The molecule has 2 heterocycles. The Hall–Kier alpha value is -1.46. The van der Waals surface area contributed by atoms with E-state index in [2.05, 4.69) is 20.2 Å². The van der Waals surface area contributed by atoms with E-state index in [4.69, 9.17) is 5.73 Å². The van der Waals surface area contributed by atoms with E-state index in [1.165, 1.54) is 23.1 Å². The highest BCUT2D eigenvalue weighted by Gasteiger charge is 2.19. The number of nitrogens with zero attached hydrogens (tertiary/aromatic N) is 5. The molecule has 8 nitrogen and oxygen atoms in total. The summed E-state index contributed by atoms with van der Waals surface area (Å²) in [6.45, 7) is 0. The van der Waals surface area contributed by atoms with Crippen LogP contribution in [0.25, 0.3) is 0 Å². The Balaban J connectivity index is 2.32. The maximum atomic E-state index is 10.8. The highest BCUT2D eigenvalue weighted by Crippen LogP contribution is 2.36. The molecular formula is C7H6N6O2S3. The highest BCUT2D eigenvalue weighted by atomic mass is 32.2. The number of aromatic nitrogens is 4. The molecule has 0 radical (unpaired) electrons.